The molecule has 0 N–H and O–H groups in total. The number of Topliss-reactive ketones (excluding diaryl/α,β-unsaturated/α-hetero) is 1. The van der Waals surface area contributed by atoms with E-state index in [2.05, 4.69) is 4.90 Å². The third-order valence-corrected chi connectivity index (χ3v) is 5.80. The van der Waals surface area contributed by atoms with Gasteiger partial charge in [-0.2, -0.15) is 0 Å². The van der Waals surface area contributed by atoms with Gasteiger partial charge < -0.3 is 9.80 Å². The first-order valence-electron chi connectivity index (χ1n) is 10.6. The fraction of sp³-hybridized carbons (Fsp3) is 0.417. The molecule has 1 aliphatic heterocycles. The van der Waals surface area contributed by atoms with E-state index >= 15 is 0 Å². The summed E-state index contributed by atoms with van der Waals surface area (Å²) in [5.41, 5.74) is 1.87. The molecule has 0 spiro atoms. The fourth-order valence-electron chi connectivity index (χ4n) is 4.06. The van der Waals surface area contributed by atoms with Gasteiger partial charge in [-0.15, -0.1) is 0 Å². The molecule has 1 aliphatic rings. The van der Waals surface area contributed by atoms with Crippen LogP contribution in [0, 0.1) is 5.82 Å². The van der Waals surface area contributed by atoms with Crippen LogP contribution in [0.5, 0.6) is 0 Å². The van der Waals surface area contributed by atoms with Crippen molar-refractivity contribution < 1.29 is 14.0 Å². The first-order valence-corrected chi connectivity index (χ1v) is 10.6. The maximum atomic E-state index is 14.6. The Labute approximate surface area is 178 Å². The molecule has 1 unspecified atom stereocenters. The smallest absolute Gasteiger partial charge is 0.244 e. The van der Waals surface area contributed by atoms with E-state index in [1.807, 2.05) is 54.0 Å². The Morgan fingerprint density at radius 1 is 1.00 bits per heavy atom. The van der Waals surface area contributed by atoms with Gasteiger partial charge in [0.1, 0.15) is 11.9 Å². The van der Waals surface area contributed by atoms with Gasteiger partial charge in [-0.05, 0) is 44.5 Å². The van der Waals surface area contributed by atoms with Gasteiger partial charge >= 0.3 is 0 Å². The summed E-state index contributed by atoms with van der Waals surface area (Å²) in [7, 11) is 0. The maximum Gasteiger partial charge on any atom is 0.244 e. The van der Waals surface area contributed by atoms with Crippen molar-refractivity contribution in [3.05, 3.63) is 65.5 Å². The van der Waals surface area contributed by atoms with Crippen LogP contribution >= 0.6 is 0 Å². The van der Waals surface area contributed by atoms with E-state index in [4.69, 9.17) is 0 Å². The highest BCUT2D eigenvalue weighted by Crippen LogP contribution is 2.28. The molecule has 160 valence electrons. The summed E-state index contributed by atoms with van der Waals surface area (Å²) in [6.45, 7) is 9.31. The molecule has 1 amide bonds. The molecule has 5 nitrogen and oxygen atoms in total. The van der Waals surface area contributed by atoms with E-state index in [-0.39, 0.29) is 23.5 Å². The largest absolute Gasteiger partial charge is 0.367 e. The van der Waals surface area contributed by atoms with Crippen LogP contribution < -0.4 is 4.90 Å². The minimum Gasteiger partial charge on any atom is -0.367 e. The summed E-state index contributed by atoms with van der Waals surface area (Å²) in [6.07, 6.45) is 0. The van der Waals surface area contributed by atoms with E-state index in [1.165, 1.54) is 13.0 Å². The molecule has 30 heavy (non-hydrogen) atoms. The van der Waals surface area contributed by atoms with Crippen LogP contribution in [0.15, 0.2) is 48.5 Å². The molecule has 0 aliphatic carbocycles. The number of ketones is 1. The number of halogens is 1. The highest BCUT2D eigenvalue weighted by atomic mass is 19.1. The predicted octanol–water partition coefficient (Wildman–Crippen LogP) is 3.76. The second-order valence-corrected chi connectivity index (χ2v) is 7.57. The Balaban J connectivity index is 1.78. The third kappa shape index (κ3) is 4.70. The number of carbonyl (C=O) groups excluding carboxylic acids is 2. The number of anilines is 1. The number of piperazine rings is 1. The first-order chi connectivity index (χ1) is 14.5. The Kier molecular flexibility index (Phi) is 7.21. The van der Waals surface area contributed by atoms with Crippen molar-refractivity contribution in [2.75, 3.05) is 44.2 Å². The summed E-state index contributed by atoms with van der Waals surface area (Å²) in [6, 6.07) is 14.2. The second-order valence-electron chi connectivity index (χ2n) is 7.57. The molecule has 1 atom stereocenters. The topological polar surface area (TPSA) is 43.9 Å². The minimum atomic E-state index is -0.380. The van der Waals surface area contributed by atoms with Crippen molar-refractivity contribution in [1.82, 2.24) is 9.80 Å². The van der Waals surface area contributed by atoms with Crippen LogP contribution in [0.3, 0.4) is 0 Å². The summed E-state index contributed by atoms with van der Waals surface area (Å²) in [4.78, 5) is 30.8. The van der Waals surface area contributed by atoms with Crippen molar-refractivity contribution in [1.29, 1.82) is 0 Å². The van der Waals surface area contributed by atoms with Crippen LogP contribution in [0.4, 0.5) is 10.1 Å². The number of carbonyl (C=O) groups is 2. The summed E-state index contributed by atoms with van der Waals surface area (Å²) in [5.74, 6) is -0.419. The normalized spacial score (nSPS) is 15.7. The number of rotatable bonds is 7. The number of amides is 1. The molecule has 2 aromatic rings. The molecule has 0 bridgehead atoms. The molecule has 1 heterocycles. The van der Waals surface area contributed by atoms with Crippen LogP contribution in [0.2, 0.25) is 0 Å². The third-order valence-electron chi connectivity index (χ3n) is 5.80. The monoisotopic (exact) mass is 411 g/mol. The quantitative estimate of drug-likeness (QED) is 0.651. The lowest BCUT2D eigenvalue weighted by Crippen LogP contribution is -2.52. The number of hydrogen-bond donors (Lipinski definition) is 0. The number of nitrogens with zero attached hydrogens (tertiary/aromatic N) is 3. The summed E-state index contributed by atoms with van der Waals surface area (Å²) < 4.78 is 14.6. The van der Waals surface area contributed by atoms with Gasteiger partial charge in [0.2, 0.25) is 5.91 Å². The molecule has 0 saturated carbocycles. The lowest BCUT2D eigenvalue weighted by atomic mass is 10.0. The van der Waals surface area contributed by atoms with Gasteiger partial charge in [0, 0.05) is 44.8 Å². The summed E-state index contributed by atoms with van der Waals surface area (Å²) >= 11 is 0. The van der Waals surface area contributed by atoms with Crippen molar-refractivity contribution in [3.63, 3.8) is 0 Å². The van der Waals surface area contributed by atoms with Gasteiger partial charge in [-0.3, -0.25) is 14.5 Å². The van der Waals surface area contributed by atoms with Crippen molar-refractivity contribution >= 4 is 17.4 Å². The molecule has 0 aromatic heterocycles. The van der Waals surface area contributed by atoms with Crippen molar-refractivity contribution in [2.24, 2.45) is 0 Å². The van der Waals surface area contributed by atoms with Gasteiger partial charge in [0.15, 0.2) is 5.78 Å². The zero-order valence-corrected chi connectivity index (χ0v) is 18.0. The highest BCUT2D eigenvalue weighted by Gasteiger charge is 2.33. The molecular weight excluding hydrogens is 381 g/mol. The molecular formula is C24H30FN3O2. The van der Waals surface area contributed by atoms with Gasteiger partial charge in [0.05, 0.1) is 5.69 Å². The van der Waals surface area contributed by atoms with E-state index in [9.17, 15) is 14.0 Å². The molecule has 1 fully saturated rings. The maximum absolute atomic E-state index is 14.6. The molecule has 6 heteroatoms. The first kappa shape index (κ1) is 22.0. The lowest BCUT2D eigenvalue weighted by molar-refractivity contribution is -0.137. The van der Waals surface area contributed by atoms with Crippen molar-refractivity contribution in [3.8, 4) is 0 Å². The number of hydrogen-bond acceptors (Lipinski definition) is 4. The standard InChI is InChI=1S/C24H30FN3O2/c1-4-26(5-2)24(30)23(19-9-7-6-8-10-19)28-15-13-27(14-16-28)22-12-11-20(18(3)29)17-21(22)25/h6-12,17,23H,4-5,13-16H2,1-3H3. The Hall–Kier alpha value is -2.73. The van der Waals surface area contributed by atoms with Crippen LogP contribution in [-0.2, 0) is 4.79 Å². The molecule has 3 rings (SSSR count). The Bertz CT molecular complexity index is 875. The van der Waals surface area contributed by atoms with Crippen LogP contribution in [0.1, 0.15) is 42.7 Å². The van der Waals surface area contributed by atoms with Gasteiger partial charge in [0.25, 0.3) is 0 Å². The average molecular weight is 412 g/mol. The van der Waals surface area contributed by atoms with Gasteiger partial charge in [-0.25, -0.2) is 4.39 Å². The zero-order chi connectivity index (χ0) is 21.7. The number of benzene rings is 2. The summed E-state index contributed by atoms with van der Waals surface area (Å²) in [5, 5.41) is 0. The predicted molar refractivity (Wildman–Crippen MR) is 117 cm³/mol. The van der Waals surface area contributed by atoms with Gasteiger partial charge in [-0.1, -0.05) is 30.3 Å². The molecule has 2 aromatic carbocycles. The molecule has 1 saturated heterocycles. The molecule has 0 radical (unpaired) electrons. The van der Waals surface area contributed by atoms with E-state index in [0.717, 1.165) is 5.56 Å². The fourth-order valence-corrected chi connectivity index (χ4v) is 4.06. The average Bonchev–Trinajstić information content (AvgIpc) is 2.76. The zero-order valence-electron chi connectivity index (χ0n) is 18.0. The van der Waals surface area contributed by atoms with Crippen LogP contribution in [-0.4, -0.2) is 60.8 Å². The van der Waals surface area contributed by atoms with Crippen LogP contribution in [0.25, 0.3) is 0 Å². The van der Waals surface area contributed by atoms with E-state index < -0.39 is 0 Å². The minimum absolute atomic E-state index is 0.108. The lowest BCUT2D eigenvalue weighted by Gasteiger charge is -2.41. The SMILES string of the molecule is CCN(CC)C(=O)C(c1ccccc1)N1CCN(c2ccc(C(C)=O)cc2F)CC1. The Morgan fingerprint density at radius 3 is 2.17 bits per heavy atom. The Morgan fingerprint density at radius 2 is 1.63 bits per heavy atom. The van der Waals surface area contributed by atoms with E-state index in [0.29, 0.717) is 50.5 Å². The highest BCUT2D eigenvalue weighted by molar-refractivity contribution is 5.94. The second kappa shape index (κ2) is 9.85. The van der Waals surface area contributed by atoms with Crippen molar-refractivity contribution in [2.45, 2.75) is 26.8 Å². The number of likely N-dealkylation sites (N-methyl/N-ethyl adjacent to an activating group) is 1. The van der Waals surface area contributed by atoms with E-state index in [1.54, 1.807) is 12.1 Å².